The summed E-state index contributed by atoms with van der Waals surface area (Å²) < 4.78 is 44.5. The van der Waals surface area contributed by atoms with Crippen LogP contribution in [-0.4, -0.2) is 22.0 Å². The fourth-order valence-corrected chi connectivity index (χ4v) is 1.92. The van der Waals surface area contributed by atoms with Crippen molar-refractivity contribution in [1.29, 1.82) is 0 Å². The third-order valence-corrected chi connectivity index (χ3v) is 2.91. The SMILES string of the molecule is COc1c(CO)c(C)nn1-c1cccc(C(F)(F)F)c1. The van der Waals surface area contributed by atoms with Crippen molar-refractivity contribution in [3.63, 3.8) is 0 Å². The van der Waals surface area contributed by atoms with E-state index in [1.54, 1.807) is 6.92 Å². The number of hydrogen-bond donors (Lipinski definition) is 1. The van der Waals surface area contributed by atoms with E-state index < -0.39 is 11.7 Å². The molecule has 0 amide bonds. The molecule has 0 aliphatic carbocycles. The Kier molecular flexibility index (Phi) is 3.71. The van der Waals surface area contributed by atoms with E-state index in [-0.39, 0.29) is 18.2 Å². The zero-order chi connectivity index (χ0) is 14.9. The van der Waals surface area contributed by atoms with Gasteiger partial charge in [-0.05, 0) is 25.1 Å². The highest BCUT2D eigenvalue weighted by Crippen LogP contribution is 2.32. The highest BCUT2D eigenvalue weighted by molar-refractivity contribution is 5.43. The first-order valence-corrected chi connectivity index (χ1v) is 5.79. The van der Waals surface area contributed by atoms with Crippen LogP contribution in [0.15, 0.2) is 24.3 Å². The van der Waals surface area contributed by atoms with Gasteiger partial charge in [-0.25, -0.2) is 4.68 Å². The van der Waals surface area contributed by atoms with Gasteiger partial charge in [-0.3, -0.25) is 0 Å². The minimum atomic E-state index is -4.43. The van der Waals surface area contributed by atoms with Crippen molar-refractivity contribution in [3.05, 3.63) is 41.1 Å². The van der Waals surface area contributed by atoms with Crippen molar-refractivity contribution >= 4 is 0 Å². The molecule has 0 aliphatic heterocycles. The van der Waals surface area contributed by atoms with Crippen LogP contribution >= 0.6 is 0 Å². The molecular weight excluding hydrogens is 273 g/mol. The average Bonchev–Trinajstić information content (AvgIpc) is 2.73. The van der Waals surface area contributed by atoms with Crippen LogP contribution in [0.3, 0.4) is 0 Å². The van der Waals surface area contributed by atoms with E-state index in [0.29, 0.717) is 11.3 Å². The Bertz CT molecular complexity index is 621. The van der Waals surface area contributed by atoms with Gasteiger partial charge in [0, 0.05) is 0 Å². The molecule has 20 heavy (non-hydrogen) atoms. The Labute approximate surface area is 113 Å². The molecule has 1 N–H and O–H groups in total. The van der Waals surface area contributed by atoms with Crippen molar-refractivity contribution in [2.75, 3.05) is 7.11 Å². The zero-order valence-electron chi connectivity index (χ0n) is 10.9. The first-order chi connectivity index (χ1) is 9.38. The van der Waals surface area contributed by atoms with E-state index in [0.717, 1.165) is 12.1 Å². The normalized spacial score (nSPS) is 11.7. The maximum atomic E-state index is 12.7. The molecule has 0 aliphatic rings. The molecule has 7 heteroatoms. The molecule has 0 saturated heterocycles. The molecule has 108 valence electrons. The minimum absolute atomic E-state index is 0.222. The number of ether oxygens (including phenoxy) is 1. The summed E-state index contributed by atoms with van der Waals surface area (Å²) in [6.45, 7) is 1.35. The van der Waals surface area contributed by atoms with Crippen LogP contribution in [0, 0.1) is 6.92 Å². The smallest absolute Gasteiger partial charge is 0.416 e. The van der Waals surface area contributed by atoms with Gasteiger partial charge in [0.1, 0.15) is 0 Å². The molecule has 0 radical (unpaired) electrons. The second-order valence-corrected chi connectivity index (χ2v) is 4.19. The monoisotopic (exact) mass is 286 g/mol. The Balaban J connectivity index is 2.57. The number of alkyl halides is 3. The van der Waals surface area contributed by atoms with Crippen molar-refractivity contribution in [2.45, 2.75) is 19.7 Å². The van der Waals surface area contributed by atoms with Gasteiger partial charge in [0.25, 0.3) is 0 Å². The summed E-state index contributed by atoms with van der Waals surface area (Å²) in [5.41, 5.74) is 0.405. The van der Waals surface area contributed by atoms with Crippen molar-refractivity contribution in [2.24, 2.45) is 0 Å². The van der Waals surface area contributed by atoms with E-state index in [4.69, 9.17) is 4.74 Å². The third-order valence-electron chi connectivity index (χ3n) is 2.91. The minimum Gasteiger partial charge on any atom is -0.481 e. The zero-order valence-corrected chi connectivity index (χ0v) is 10.9. The fourth-order valence-electron chi connectivity index (χ4n) is 1.92. The summed E-state index contributed by atoms with van der Waals surface area (Å²) in [5.74, 6) is 0.226. The highest BCUT2D eigenvalue weighted by atomic mass is 19.4. The lowest BCUT2D eigenvalue weighted by Gasteiger charge is -2.10. The first-order valence-electron chi connectivity index (χ1n) is 5.79. The summed E-state index contributed by atoms with van der Waals surface area (Å²) in [5, 5.41) is 13.4. The fraction of sp³-hybridized carbons (Fsp3) is 0.308. The van der Waals surface area contributed by atoms with Gasteiger partial charge in [-0.2, -0.15) is 18.3 Å². The summed E-state index contributed by atoms with van der Waals surface area (Å²) in [6.07, 6.45) is -4.43. The van der Waals surface area contributed by atoms with Crippen LogP contribution < -0.4 is 4.74 Å². The molecule has 0 saturated carbocycles. The predicted octanol–water partition coefficient (Wildman–Crippen LogP) is 2.70. The van der Waals surface area contributed by atoms with Gasteiger partial charge in [0.2, 0.25) is 5.88 Å². The Morgan fingerprint density at radius 1 is 1.35 bits per heavy atom. The van der Waals surface area contributed by atoms with Gasteiger partial charge in [-0.15, -0.1) is 0 Å². The Morgan fingerprint density at radius 3 is 2.60 bits per heavy atom. The van der Waals surface area contributed by atoms with Crippen molar-refractivity contribution in [3.8, 4) is 11.6 Å². The topological polar surface area (TPSA) is 47.3 Å². The van der Waals surface area contributed by atoms with E-state index in [1.807, 2.05) is 0 Å². The molecule has 1 heterocycles. The number of methoxy groups -OCH3 is 1. The van der Waals surface area contributed by atoms with Gasteiger partial charge < -0.3 is 9.84 Å². The number of halogens is 3. The Hall–Kier alpha value is -2.02. The Morgan fingerprint density at radius 2 is 2.05 bits per heavy atom. The van der Waals surface area contributed by atoms with E-state index in [1.165, 1.54) is 23.9 Å². The number of aliphatic hydroxyl groups is 1. The number of aryl methyl sites for hydroxylation is 1. The third kappa shape index (κ3) is 2.49. The molecule has 4 nitrogen and oxygen atoms in total. The van der Waals surface area contributed by atoms with Crippen LogP contribution in [0.1, 0.15) is 16.8 Å². The van der Waals surface area contributed by atoms with E-state index in [9.17, 15) is 18.3 Å². The second-order valence-electron chi connectivity index (χ2n) is 4.19. The van der Waals surface area contributed by atoms with Gasteiger partial charge in [0.15, 0.2) is 0 Å². The lowest BCUT2D eigenvalue weighted by Crippen LogP contribution is -2.07. The maximum Gasteiger partial charge on any atom is 0.416 e. The molecule has 1 aromatic heterocycles. The van der Waals surface area contributed by atoms with Gasteiger partial charge >= 0.3 is 6.18 Å². The summed E-state index contributed by atoms with van der Waals surface area (Å²) in [6, 6.07) is 4.76. The van der Waals surface area contributed by atoms with Crippen LogP contribution in [-0.2, 0) is 12.8 Å². The van der Waals surface area contributed by atoms with Crippen LogP contribution in [0.5, 0.6) is 5.88 Å². The van der Waals surface area contributed by atoms with E-state index >= 15 is 0 Å². The predicted molar refractivity (Wildman–Crippen MR) is 65.8 cm³/mol. The molecule has 0 fully saturated rings. The van der Waals surface area contributed by atoms with Gasteiger partial charge in [-0.1, -0.05) is 6.07 Å². The molecule has 2 rings (SSSR count). The molecule has 0 bridgehead atoms. The molecule has 0 unspecified atom stereocenters. The summed E-state index contributed by atoms with van der Waals surface area (Å²) in [7, 11) is 1.37. The standard InChI is InChI=1S/C13H13F3N2O2/c1-8-11(7-19)12(20-2)18(17-8)10-5-3-4-9(6-10)13(14,15)16/h3-6,19H,7H2,1-2H3. The van der Waals surface area contributed by atoms with Crippen LogP contribution in [0.25, 0.3) is 5.69 Å². The highest BCUT2D eigenvalue weighted by Gasteiger charge is 2.31. The molecule has 0 atom stereocenters. The van der Waals surface area contributed by atoms with Crippen LogP contribution in [0.2, 0.25) is 0 Å². The van der Waals surface area contributed by atoms with Crippen molar-refractivity contribution in [1.82, 2.24) is 9.78 Å². The van der Waals surface area contributed by atoms with Gasteiger partial charge in [0.05, 0.1) is 36.2 Å². The summed E-state index contributed by atoms with van der Waals surface area (Å²) >= 11 is 0. The molecule has 0 spiro atoms. The number of aliphatic hydroxyl groups excluding tert-OH is 1. The number of rotatable bonds is 3. The lowest BCUT2D eigenvalue weighted by atomic mass is 10.2. The van der Waals surface area contributed by atoms with E-state index in [2.05, 4.69) is 5.10 Å². The number of aromatic nitrogens is 2. The average molecular weight is 286 g/mol. The number of hydrogen-bond acceptors (Lipinski definition) is 3. The van der Waals surface area contributed by atoms with Crippen LogP contribution in [0.4, 0.5) is 13.2 Å². The van der Waals surface area contributed by atoms with Crippen molar-refractivity contribution < 1.29 is 23.0 Å². The second kappa shape index (κ2) is 5.16. The largest absolute Gasteiger partial charge is 0.481 e. The first kappa shape index (κ1) is 14.4. The lowest BCUT2D eigenvalue weighted by molar-refractivity contribution is -0.137. The number of nitrogens with zero attached hydrogens (tertiary/aromatic N) is 2. The molecule has 1 aromatic carbocycles. The number of benzene rings is 1. The molecular formula is C13H13F3N2O2. The molecule has 2 aromatic rings. The quantitative estimate of drug-likeness (QED) is 0.943. The maximum absolute atomic E-state index is 12.7. The summed E-state index contributed by atoms with van der Waals surface area (Å²) in [4.78, 5) is 0.